The van der Waals surface area contributed by atoms with Gasteiger partial charge in [-0.1, -0.05) is 80.5 Å². The van der Waals surface area contributed by atoms with Gasteiger partial charge in [-0.15, -0.1) is 0 Å². The summed E-state index contributed by atoms with van der Waals surface area (Å²) in [7, 11) is 0. The van der Waals surface area contributed by atoms with Crippen LogP contribution in [-0.4, -0.2) is 40.6 Å². The molecule has 0 bridgehead atoms. The molecular weight excluding hydrogens is 433 g/mol. The van der Waals surface area contributed by atoms with Crippen molar-refractivity contribution in [2.75, 3.05) is 6.54 Å². The maximum atomic E-state index is 14.5. The van der Waals surface area contributed by atoms with Gasteiger partial charge in [-0.05, 0) is 22.6 Å². The largest absolute Gasteiger partial charge is 0.361 e. The number of amides is 2. The molecule has 1 aromatic heterocycles. The maximum Gasteiger partial charge on any atom is 0.259 e. The van der Waals surface area contributed by atoms with Crippen LogP contribution in [0.4, 0.5) is 4.39 Å². The fraction of sp³-hybridized carbons (Fsp3) is 0.370. The molecule has 0 unspecified atom stereocenters. The normalized spacial score (nSPS) is 18.8. The minimum absolute atomic E-state index is 0.0435. The van der Waals surface area contributed by atoms with Gasteiger partial charge >= 0.3 is 0 Å². The summed E-state index contributed by atoms with van der Waals surface area (Å²) in [5.41, 5.74) is 3.31. The Balaban J connectivity index is 1.60. The number of carbonyl (C=O) groups excluding carboxylic acids is 2. The Kier molecular flexibility index (Phi) is 7.10. The summed E-state index contributed by atoms with van der Waals surface area (Å²) < 4.78 is 19.6. The summed E-state index contributed by atoms with van der Waals surface area (Å²) in [6.45, 7) is 5.97. The standard InChI is InChI=1S/C27H30FN3O3/c1-4-24-22(15-29-34-24)27(33)31-16-21(28)14-23(31)26(32)30-25(19-8-6-5-7-9-19)20-12-10-18(11-13-20)17(2)3/h5-13,15,17,21,23,25H,4,14,16H2,1-3H3,(H,30,32)/t21-,23+,25+/m1/s1. The Morgan fingerprint density at radius 3 is 2.38 bits per heavy atom. The smallest absolute Gasteiger partial charge is 0.259 e. The minimum Gasteiger partial charge on any atom is -0.361 e. The van der Waals surface area contributed by atoms with Gasteiger partial charge in [0, 0.05) is 12.8 Å². The van der Waals surface area contributed by atoms with E-state index in [0.717, 1.165) is 11.1 Å². The zero-order chi connectivity index (χ0) is 24.2. The lowest BCUT2D eigenvalue weighted by Gasteiger charge is -2.27. The molecule has 4 rings (SSSR count). The third-order valence-corrected chi connectivity index (χ3v) is 6.37. The molecule has 7 heteroatoms. The first-order chi connectivity index (χ1) is 16.4. The van der Waals surface area contributed by atoms with Crippen LogP contribution in [0.3, 0.4) is 0 Å². The van der Waals surface area contributed by atoms with Crippen molar-refractivity contribution in [3.8, 4) is 0 Å². The molecule has 1 N–H and O–H groups in total. The number of hydrogen-bond donors (Lipinski definition) is 1. The van der Waals surface area contributed by atoms with E-state index < -0.39 is 24.2 Å². The van der Waals surface area contributed by atoms with Gasteiger partial charge in [0.15, 0.2) is 0 Å². The number of nitrogens with zero attached hydrogens (tertiary/aromatic N) is 2. The van der Waals surface area contributed by atoms with Gasteiger partial charge in [-0.3, -0.25) is 9.59 Å². The van der Waals surface area contributed by atoms with E-state index >= 15 is 0 Å². The Morgan fingerprint density at radius 1 is 1.09 bits per heavy atom. The molecule has 0 radical (unpaired) electrons. The zero-order valence-corrected chi connectivity index (χ0v) is 19.7. The van der Waals surface area contributed by atoms with Gasteiger partial charge in [-0.2, -0.15) is 0 Å². The van der Waals surface area contributed by atoms with Crippen molar-refractivity contribution in [3.05, 3.63) is 88.8 Å². The van der Waals surface area contributed by atoms with Gasteiger partial charge in [0.25, 0.3) is 5.91 Å². The van der Waals surface area contributed by atoms with Crippen molar-refractivity contribution in [1.82, 2.24) is 15.4 Å². The van der Waals surface area contributed by atoms with Gasteiger partial charge in [0.2, 0.25) is 5.91 Å². The average molecular weight is 464 g/mol. The summed E-state index contributed by atoms with van der Waals surface area (Å²) in [5, 5.41) is 6.79. The number of benzene rings is 2. The molecule has 178 valence electrons. The van der Waals surface area contributed by atoms with E-state index in [2.05, 4.69) is 36.5 Å². The first kappa shape index (κ1) is 23.7. The van der Waals surface area contributed by atoms with Gasteiger partial charge in [0.05, 0.1) is 18.8 Å². The summed E-state index contributed by atoms with van der Waals surface area (Å²) in [4.78, 5) is 27.9. The van der Waals surface area contributed by atoms with E-state index in [0.29, 0.717) is 18.1 Å². The van der Waals surface area contributed by atoms with Crippen molar-refractivity contribution >= 4 is 11.8 Å². The van der Waals surface area contributed by atoms with Crippen molar-refractivity contribution in [3.63, 3.8) is 0 Å². The predicted octanol–water partition coefficient (Wildman–Crippen LogP) is 4.82. The quantitative estimate of drug-likeness (QED) is 0.545. The van der Waals surface area contributed by atoms with Crippen molar-refractivity contribution < 1.29 is 18.5 Å². The highest BCUT2D eigenvalue weighted by atomic mass is 19.1. The summed E-state index contributed by atoms with van der Waals surface area (Å²) in [5.74, 6) is 0.00314. The number of halogens is 1. The summed E-state index contributed by atoms with van der Waals surface area (Å²) in [6, 6.07) is 16.4. The van der Waals surface area contributed by atoms with Crippen molar-refractivity contribution in [1.29, 1.82) is 0 Å². The second-order valence-electron chi connectivity index (χ2n) is 9.00. The molecule has 6 nitrogen and oxygen atoms in total. The van der Waals surface area contributed by atoms with E-state index in [1.165, 1.54) is 16.7 Å². The topological polar surface area (TPSA) is 75.4 Å². The lowest BCUT2D eigenvalue weighted by Crippen LogP contribution is -2.47. The number of aryl methyl sites for hydroxylation is 1. The molecule has 3 atom stereocenters. The van der Waals surface area contributed by atoms with Gasteiger partial charge in [0.1, 0.15) is 23.5 Å². The van der Waals surface area contributed by atoms with Crippen LogP contribution >= 0.6 is 0 Å². The first-order valence-electron chi connectivity index (χ1n) is 11.7. The molecule has 1 fully saturated rings. The van der Waals surface area contributed by atoms with Crippen LogP contribution in [0, 0.1) is 0 Å². The number of rotatable bonds is 7. The first-order valence-corrected chi connectivity index (χ1v) is 11.7. The third-order valence-electron chi connectivity index (χ3n) is 6.37. The van der Waals surface area contributed by atoms with Crippen LogP contribution in [0.1, 0.15) is 72.0 Å². The Morgan fingerprint density at radius 2 is 1.74 bits per heavy atom. The highest BCUT2D eigenvalue weighted by Crippen LogP contribution is 2.28. The number of hydrogen-bond acceptors (Lipinski definition) is 4. The molecule has 2 heterocycles. The van der Waals surface area contributed by atoms with Gasteiger partial charge < -0.3 is 14.7 Å². The molecular formula is C27H30FN3O3. The second-order valence-corrected chi connectivity index (χ2v) is 9.00. The number of nitrogens with one attached hydrogen (secondary N) is 1. The van der Waals surface area contributed by atoms with E-state index in [9.17, 15) is 14.0 Å². The Bertz CT molecular complexity index is 1130. The second kappa shape index (κ2) is 10.2. The van der Waals surface area contributed by atoms with Crippen LogP contribution < -0.4 is 5.32 Å². The fourth-order valence-electron chi connectivity index (χ4n) is 4.42. The molecule has 0 aliphatic carbocycles. The highest BCUT2D eigenvalue weighted by molar-refractivity contribution is 5.98. The van der Waals surface area contributed by atoms with Crippen molar-refractivity contribution in [2.24, 2.45) is 0 Å². The monoisotopic (exact) mass is 463 g/mol. The zero-order valence-electron chi connectivity index (χ0n) is 19.7. The van der Waals surface area contributed by atoms with Gasteiger partial charge in [-0.25, -0.2) is 4.39 Å². The molecule has 2 aromatic carbocycles. The number of carbonyl (C=O) groups is 2. The van der Waals surface area contributed by atoms with Crippen LogP contribution in [0.25, 0.3) is 0 Å². The molecule has 0 saturated carbocycles. The number of aromatic nitrogens is 1. The predicted molar refractivity (Wildman–Crippen MR) is 127 cm³/mol. The SMILES string of the molecule is CCc1oncc1C(=O)N1C[C@H](F)C[C@H]1C(=O)N[C@@H](c1ccccc1)c1ccc(C(C)C)cc1. The molecule has 1 saturated heterocycles. The maximum absolute atomic E-state index is 14.5. The molecule has 1 aliphatic heterocycles. The molecule has 34 heavy (non-hydrogen) atoms. The van der Waals surface area contributed by atoms with Crippen LogP contribution in [0.5, 0.6) is 0 Å². The lowest BCUT2D eigenvalue weighted by molar-refractivity contribution is -0.125. The minimum atomic E-state index is -1.27. The third kappa shape index (κ3) is 4.88. The van der Waals surface area contributed by atoms with E-state index in [-0.39, 0.29) is 24.4 Å². The van der Waals surface area contributed by atoms with E-state index in [1.807, 2.05) is 49.4 Å². The van der Waals surface area contributed by atoms with Crippen LogP contribution in [-0.2, 0) is 11.2 Å². The number of likely N-dealkylation sites (tertiary alicyclic amines) is 1. The fourth-order valence-corrected chi connectivity index (χ4v) is 4.42. The van der Waals surface area contributed by atoms with Crippen molar-refractivity contribution in [2.45, 2.75) is 57.8 Å². The molecule has 3 aromatic rings. The number of alkyl halides is 1. The highest BCUT2D eigenvalue weighted by Gasteiger charge is 2.41. The average Bonchev–Trinajstić information content (AvgIpc) is 3.49. The van der Waals surface area contributed by atoms with Crippen LogP contribution in [0.15, 0.2) is 65.3 Å². The van der Waals surface area contributed by atoms with E-state index in [1.54, 1.807) is 0 Å². The lowest BCUT2D eigenvalue weighted by atomic mass is 9.95. The summed E-state index contributed by atoms with van der Waals surface area (Å²) >= 11 is 0. The van der Waals surface area contributed by atoms with Crippen LogP contribution in [0.2, 0.25) is 0 Å². The Hall–Kier alpha value is -3.48. The molecule has 1 aliphatic rings. The van der Waals surface area contributed by atoms with E-state index in [4.69, 9.17) is 4.52 Å². The molecule has 0 spiro atoms. The Labute approximate surface area is 199 Å². The summed E-state index contributed by atoms with van der Waals surface area (Å²) in [6.07, 6.45) is 0.501. The molecule has 2 amide bonds.